The molecular formula is C12H12O4. The van der Waals surface area contributed by atoms with Crippen LogP contribution in [0.2, 0.25) is 0 Å². The number of ether oxygens (including phenoxy) is 1. The molecule has 4 heteroatoms. The molecule has 1 aliphatic rings. The summed E-state index contributed by atoms with van der Waals surface area (Å²) >= 11 is 0. The molecule has 0 radical (unpaired) electrons. The first kappa shape index (κ1) is 10.7. The summed E-state index contributed by atoms with van der Waals surface area (Å²) in [4.78, 5) is 22.2. The molecule has 0 saturated heterocycles. The SMILES string of the molecule is CC(=O)C[C@@H](c1ccco1)[C@@H]1C=CC(=O)O1. The molecule has 84 valence electrons. The van der Waals surface area contributed by atoms with Crippen molar-refractivity contribution < 1.29 is 18.7 Å². The molecule has 0 aromatic carbocycles. The summed E-state index contributed by atoms with van der Waals surface area (Å²) in [5.41, 5.74) is 0. The fourth-order valence-electron chi connectivity index (χ4n) is 1.79. The van der Waals surface area contributed by atoms with Crippen molar-refractivity contribution in [2.45, 2.75) is 25.4 Å². The minimum Gasteiger partial charge on any atom is -0.469 e. The Balaban J connectivity index is 2.18. The van der Waals surface area contributed by atoms with Gasteiger partial charge >= 0.3 is 5.97 Å². The Morgan fingerprint density at radius 2 is 2.38 bits per heavy atom. The molecule has 1 aromatic heterocycles. The second kappa shape index (κ2) is 4.35. The fourth-order valence-corrected chi connectivity index (χ4v) is 1.79. The van der Waals surface area contributed by atoms with Gasteiger partial charge in [-0.3, -0.25) is 0 Å². The molecule has 0 aliphatic carbocycles. The van der Waals surface area contributed by atoms with Gasteiger partial charge in [-0.1, -0.05) is 0 Å². The first-order valence-corrected chi connectivity index (χ1v) is 5.08. The zero-order valence-electron chi connectivity index (χ0n) is 8.88. The van der Waals surface area contributed by atoms with Crippen LogP contribution in [0.5, 0.6) is 0 Å². The van der Waals surface area contributed by atoms with Crippen LogP contribution in [-0.4, -0.2) is 17.9 Å². The zero-order valence-corrected chi connectivity index (χ0v) is 8.88. The van der Waals surface area contributed by atoms with Gasteiger partial charge in [0, 0.05) is 12.5 Å². The third kappa shape index (κ3) is 2.21. The van der Waals surface area contributed by atoms with E-state index in [2.05, 4.69) is 0 Å². The highest BCUT2D eigenvalue weighted by molar-refractivity contribution is 5.85. The van der Waals surface area contributed by atoms with Gasteiger partial charge in [0.15, 0.2) is 0 Å². The molecule has 2 atom stereocenters. The highest BCUT2D eigenvalue weighted by Gasteiger charge is 2.30. The lowest BCUT2D eigenvalue weighted by atomic mass is 9.94. The summed E-state index contributed by atoms with van der Waals surface area (Å²) in [6.07, 6.45) is 4.49. The van der Waals surface area contributed by atoms with E-state index in [4.69, 9.17) is 9.15 Å². The van der Waals surface area contributed by atoms with E-state index < -0.39 is 6.10 Å². The summed E-state index contributed by atoms with van der Waals surface area (Å²) in [5, 5.41) is 0. The molecule has 0 N–H and O–H groups in total. The van der Waals surface area contributed by atoms with E-state index in [1.807, 2.05) is 0 Å². The average Bonchev–Trinajstić information content (AvgIpc) is 2.84. The number of rotatable bonds is 4. The number of cyclic esters (lactones) is 1. The van der Waals surface area contributed by atoms with Crippen molar-refractivity contribution in [2.24, 2.45) is 0 Å². The molecule has 16 heavy (non-hydrogen) atoms. The molecule has 1 aliphatic heterocycles. The second-order valence-corrected chi connectivity index (χ2v) is 3.79. The van der Waals surface area contributed by atoms with Crippen molar-refractivity contribution >= 4 is 11.8 Å². The van der Waals surface area contributed by atoms with E-state index in [-0.39, 0.29) is 17.7 Å². The largest absolute Gasteiger partial charge is 0.469 e. The smallest absolute Gasteiger partial charge is 0.331 e. The van der Waals surface area contributed by atoms with Crippen molar-refractivity contribution in [3.63, 3.8) is 0 Å². The van der Waals surface area contributed by atoms with E-state index in [0.717, 1.165) is 0 Å². The Hall–Kier alpha value is -1.84. The van der Waals surface area contributed by atoms with Crippen LogP contribution in [0, 0.1) is 0 Å². The quantitative estimate of drug-likeness (QED) is 0.726. The van der Waals surface area contributed by atoms with Crippen LogP contribution in [0.3, 0.4) is 0 Å². The van der Waals surface area contributed by atoms with Crippen LogP contribution in [0.1, 0.15) is 25.0 Å². The normalized spacial score (nSPS) is 20.8. The third-order valence-corrected chi connectivity index (χ3v) is 2.49. The van der Waals surface area contributed by atoms with Gasteiger partial charge in [-0.2, -0.15) is 0 Å². The highest BCUT2D eigenvalue weighted by Crippen LogP contribution is 2.29. The Labute approximate surface area is 92.9 Å². The number of Topliss-reactive ketones (excluding diaryl/α,β-unsaturated/α-hetero) is 1. The lowest BCUT2D eigenvalue weighted by Crippen LogP contribution is -2.20. The van der Waals surface area contributed by atoms with Gasteiger partial charge in [-0.05, 0) is 25.1 Å². The number of esters is 1. The second-order valence-electron chi connectivity index (χ2n) is 3.79. The Morgan fingerprint density at radius 3 is 2.88 bits per heavy atom. The Kier molecular flexibility index (Phi) is 2.90. The minimum absolute atomic E-state index is 0.0396. The molecule has 0 saturated carbocycles. The standard InChI is InChI=1S/C12H12O4/c1-8(13)7-9(10-3-2-6-15-10)11-4-5-12(14)16-11/h2-6,9,11H,7H2,1H3/t9-,11-/m0/s1. The van der Waals surface area contributed by atoms with Crippen LogP contribution >= 0.6 is 0 Å². The van der Waals surface area contributed by atoms with Crippen LogP contribution in [0.15, 0.2) is 35.0 Å². The maximum atomic E-state index is 11.2. The maximum Gasteiger partial charge on any atom is 0.331 e. The van der Waals surface area contributed by atoms with E-state index >= 15 is 0 Å². The summed E-state index contributed by atoms with van der Waals surface area (Å²) in [6.45, 7) is 1.51. The molecule has 2 heterocycles. The summed E-state index contributed by atoms with van der Waals surface area (Å²) in [7, 11) is 0. The van der Waals surface area contributed by atoms with Crippen molar-refractivity contribution in [1.82, 2.24) is 0 Å². The number of ketones is 1. The molecule has 2 rings (SSSR count). The summed E-state index contributed by atoms with van der Waals surface area (Å²) < 4.78 is 10.4. The monoisotopic (exact) mass is 220 g/mol. The number of furan rings is 1. The minimum atomic E-state index is -0.400. The molecule has 0 bridgehead atoms. The van der Waals surface area contributed by atoms with Gasteiger partial charge in [-0.25, -0.2) is 4.79 Å². The van der Waals surface area contributed by atoms with Crippen molar-refractivity contribution in [3.05, 3.63) is 36.3 Å². The van der Waals surface area contributed by atoms with Gasteiger partial charge in [0.2, 0.25) is 0 Å². The lowest BCUT2D eigenvalue weighted by Gasteiger charge is -2.18. The van der Waals surface area contributed by atoms with Gasteiger partial charge in [0.1, 0.15) is 17.6 Å². The number of carbonyl (C=O) groups is 2. The first-order chi connectivity index (χ1) is 7.66. The number of hydrogen-bond donors (Lipinski definition) is 0. The predicted molar refractivity (Wildman–Crippen MR) is 55.8 cm³/mol. The Bertz CT molecular complexity index is 416. The van der Waals surface area contributed by atoms with Crippen molar-refractivity contribution in [2.75, 3.05) is 0 Å². The summed E-state index contributed by atoms with van der Waals surface area (Å²) in [6, 6.07) is 3.54. The fraction of sp³-hybridized carbons (Fsp3) is 0.333. The van der Waals surface area contributed by atoms with E-state index in [9.17, 15) is 9.59 Å². The molecule has 0 unspecified atom stereocenters. The molecule has 4 nitrogen and oxygen atoms in total. The lowest BCUT2D eigenvalue weighted by molar-refractivity contribution is -0.140. The van der Waals surface area contributed by atoms with Gasteiger partial charge < -0.3 is 13.9 Å². The third-order valence-electron chi connectivity index (χ3n) is 2.49. The van der Waals surface area contributed by atoms with Crippen LogP contribution < -0.4 is 0 Å². The summed E-state index contributed by atoms with van der Waals surface area (Å²) in [5.74, 6) is 0.109. The zero-order chi connectivity index (χ0) is 11.5. The van der Waals surface area contributed by atoms with Crippen molar-refractivity contribution in [3.8, 4) is 0 Å². The Morgan fingerprint density at radius 1 is 1.56 bits per heavy atom. The maximum absolute atomic E-state index is 11.2. The highest BCUT2D eigenvalue weighted by atomic mass is 16.5. The van der Waals surface area contributed by atoms with Crippen LogP contribution in [-0.2, 0) is 14.3 Å². The molecular weight excluding hydrogens is 208 g/mol. The van der Waals surface area contributed by atoms with Crippen LogP contribution in [0.4, 0.5) is 0 Å². The molecule has 1 aromatic rings. The first-order valence-electron chi connectivity index (χ1n) is 5.08. The van der Waals surface area contributed by atoms with E-state index in [1.165, 1.54) is 13.0 Å². The topological polar surface area (TPSA) is 56.5 Å². The average molecular weight is 220 g/mol. The molecule has 0 amide bonds. The number of hydrogen-bond acceptors (Lipinski definition) is 4. The van der Waals surface area contributed by atoms with Gasteiger partial charge in [-0.15, -0.1) is 0 Å². The van der Waals surface area contributed by atoms with Crippen LogP contribution in [0.25, 0.3) is 0 Å². The van der Waals surface area contributed by atoms with E-state index in [0.29, 0.717) is 12.2 Å². The van der Waals surface area contributed by atoms with Gasteiger partial charge in [0.05, 0.1) is 12.2 Å². The van der Waals surface area contributed by atoms with E-state index in [1.54, 1.807) is 24.5 Å². The molecule has 0 spiro atoms. The van der Waals surface area contributed by atoms with Gasteiger partial charge in [0.25, 0.3) is 0 Å². The van der Waals surface area contributed by atoms with Crippen molar-refractivity contribution in [1.29, 1.82) is 0 Å². The molecule has 0 fully saturated rings. The predicted octanol–water partition coefficient (Wildman–Crippen LogP) is 1.82. The number of carbonyl (C=O) groups excluding carboxylic acids is 2.